The van der Waals surface area contributed by atoms with Crippen molar-refractivity contribution in [3.63, 3.8) is 0 Å². The highest BCUT2D eigenvalue weighted by Gasteiger charge is 2.36. The van der Waals surface area contributed by atoms with Crippen LogP contribution in [0.25, 0.3) is 0 Å². The summed E-state index contributed by atoms with van der Waals surface area (Å²) in [6, 6.07) is 0. The van der Waals surface area contributed by atoms with E-state index in [0.29, 0.717) is 0 Å². The van der Waals surface area contributed by atoms with Gasteiger partial charge in [0.2, 0.25) is 0 Å². The zero-order valence-electron chi connectivity index (χ0n) is 4.95. The van der Waals surface area contributed by atoms with Gasteiger partial charge in [-0.05, 0) is 26.2 Å². The van der Waals surface area contributed by atoms with Gasteiger partial charge in [0.1, 0.15) is 5.67 Å². The van der Waals surface area contributed by atoms with E-state index >= 15 is 0 Å². The van der Waals surface area contributed by atoms with Gasteiger partial charge in [0, 0.05) is 3.92 Å². The molecule has 0 aromatic carbocycles. The minimum Gasteiger partial charge on any atom is -0.243 e. The van der Waals surface area contributed by atoms with Crippen LogP contribution in [0.1, 0.15) is 26.2 Å². The lowest BCUT2D eigenvalue weighted by atomic mass is 10.1. The van der Waals surface area contributed by atoms with E-state index in [1.54, 1.807) is 6.92 Å². The zero-order valence-corrected chi connectivity index (χ0v) is 7.11. The van der Waals surface area contributed by atoms with E-state index in [2.05, 4.69) is 22.6 Å². The molecule has 8 heavy (non-hydrogen) atoms. The number of hydrogen-bond acceptors (Lipinski definition) is 0. The number of rotatable bonds is 0. The van der Waals surface area contributed by atoms with Gasteiger partial charge in [-0.15, -0.1) is 0 Å². The molecule has 2 atom stereocenters. The Morgan fingerprint density at radius 2 is 2.38 bits per heavy atom. The minimum absolute atomic E-state index is 0.264. The Morgan fingerprint density at radius 1 is 1.75 bits per heavy atom. The summed E-state index contributed by atoms with van der Waals surface area (Å²) >= 11 is 2.20. The standard InChI is InChI=1S/C6H10FI/c1-6(7)4-2-3-5(6)8/h5H,2-4H2,1H3. The number of alkyl halides is 2. The van der Waals surface area contributed by atoms with Gasteiger partial charge in [-0.3, -0.25) is 0 Å². The topological polar surface area (TPSA) is 0 Å². The van der Waals surface area contributed by atoms with Crippen molar-refractivity contribution in [1.29, 1.82) is 0 Å². The molecule has 0 aromatic rings. The third kappa shape index (κ3) is 1.14. The molecule has 2 heteroatoms. The van der Waals surface area contributed by atoms with E-state index < -0.39 is 5.67 Å². The molecule has 0 aromatic heterocycles. The van der Waals surface area contributed by atoms with Gasteiger partial charge in [-0.1, -0.05) is 22.6 Å². The highest BCUT2D eigenvalue weighted by molar-refractivity contribution is 14.1. The molecule has 1 rings (SSSR count). The van der Waals surface area contributed by atoms with Gasteiger partial charge in [-0.25, -0.2) is 4.39 Å². The van der Waals surface area contributed by atoms with Gasteiger partial charge in [-0.2, -0.15) is 0 Å². The molecular formula is C6H10FI. The Morgan fingerprint density at radius 3 is 2.50 bits per heavy atom. The average Bonchev–Trinajstić information content (AvgIpc) is 1.86. The minimum atomic E-state index is -0.861. The van der Waals surface area contributed by atoms with Crippen molar-refractivity contribution in [2.75, 3.05) is 0 Å². The molecule has 0 amide bonds. The SMILES string of the molecule is CC1(F)CCCC1I. The fourth-order valence-corrected chi connectivity index (χ4v) is 1.84. The van der Waals surface area contributed by atoms with E-state index in [4.69, 9.17) is 0 Å². The van der Waals surface area contributed by atoms with Crippen molar-refractivity contribution in [3.8, 4) is 0 Å². The van der Waals surface area contributed by atoms with Crippen LogP contribution in [-0.2, 0) is 0 Å². The van der Waals surface area contributed by atoms with Gasteiger partial charge >= 0.3 is 0 Å². The van der Waals surface area contributed by atoms with Crippen molar-refractivity contribution in [1.82, 2.24) is 0 Å². The summed E-state index contributed by atoms with van der Waals surface area (Å²) in [5.74, 6) is 0. The zero-order chi connectivity index (χ0) is 6.20. The first-order valence-electron chi connectivity index (χ1n) is 2.96. The Balaban J connectivity index is 2.54. The molecule has 1 aliphatic carbocycles. The third-order valence-corrected chi connectivity index (χ3v) is 3.70. The first-order chi connectivity index (χ1) is 3.63. The van der Waals surface area contributed by atoms with Crippen LogP contribution in [0, 0.1) is 0 Å². The van der Waals surface area contributed by atoms with Gasteiger partial charge in [0.25, 0.3) is 0 Å². The van der Waals surface area contributed by atoms with Crippen molar-refractivity contribution in [3.05, 3.63) is 0 Å². The molecule has 0 radical (unpaired) electrons. The van der Waals surface area contributed by atoms with Crippen molar-refractivity contribution < 1.29 is 4.39 Å². The van der Waals surface area contributed by atoms with Crippen LogP contribution in [0.3, 0.4) is 0 Å². The van der Waals surface area contributed by atoms with Crippen LogP contribution in [0.5, 0.6) is 0 Å². The molecule has 1 fully saturated rings. The highest BCUT2D eigenvalue weighted by atomic mass is 127. The predicted octanol–water partition coefficient (Wildman–Crippen LogP) is 2.70. The fraction of sp³-hybridized carbons (Fsp3) is 1.00. The molecule has 0 aliphatic heterocycles. The maximum Gasteiger partial charge on any atom is 0.120 e. The van der Waals surface area contributed by atoms with E-state index in [1.165, 1.54) is 0 Å². The summed E-state index contributed by atoms with van der Waals surface area (Å²) in [6.07, 6.45) is 2.90. The van der Waals surface area contributed by atoms with E-state index in [1.807, 2.05) is 0 Å². The molecular weight excluding hydrogens is 218 g/mol. The molecule has 48 valence electrons. The summed E-state index contributed by atoms with van der Waals surface area (Å²) in [4.78, 5) is 0. The smallest absolute Gasteiger partial charge is 0.120 e. The second kappa shape index (κ2) is 2.12. The number of halogens is 2. The van der Waals surface area contributed by atoms with Crippen LogP contribution in [-0.4, -0.2) is 9.59 Å². The maximum absolute atomic E-state index is 13.0. The maximum atomic E-state index is 13.0. The summed E-state index contributed by atoms with van der Waals surface area (Å²) in [5, 5.41) is 0. The molecule has 0 saturated heterocycles. The summed E-state index contributed by atoms with van der Waals surface area (Å²) in [7, 11) is 0. The van der Waals surface area contributed by atoms with Crippen molar-refractivity contribution >= 4 is 22.6 Å². The lowest BCUT2D eigenvalue weighted by Gasteiger charge is -2.15. The van der Waals surface area contributed by atoms with E-state index in [0.717, 1.165) is 19.3 Å². The average molecular weight is 228 g/mol. The molecule has 0 N–H and O–H groups in total. The molecule has 0 heterocycles. The molecule has 1 aliphatic rings. The quantitative estimate of drug-likeness (QED) is 0.441. The number of hydrogen-bond donors (Lipinski definition) is 0. The Kier molecular flexibility index (Phi) is 1.80. The van der Waals surface area contributed by atoms with Crippen LogP contribution in [0.4, 0.5) is 4.39 Å². The molecule has 0 spiro atoms. The Bertz CT molecular complexity index is 90.5. The summed E-state index contributed by atoms with van der Waals surface area (Å²) in [5.41, 5.74) is -0.861. The van der Waals surface area contributed by atoms with Crippen LogP contribution < -0.4 is 0 Å². The largest absolute Gasteiger partial charge is 0.243 e. The lowest BCUT2D eigenvalue weighted by molar-refractivity contribution is 0.212. The van der Waals surface area contributed by atoms with Crippen molar-refractivity contribution in [2.24, 2.45) is 0 Å². The third-order valence-electron chi connectivity index (χ3n) is 1.78. The van der Waals surface area contributed by atoms with Crippen LogP contribution in [0.2, 0.25) is 0 Å². The molecule has 0 bridgehead atoms. The van der Waals surface area contributed by atoms with Crippen LogP contribution in [0.15, 0.2) is 0 Å². The normalized spacial score (nSPS) is 47.6. The molecule has 0 nitrogen and oxygen atoms in total. The van der Waals surface area contributed by atoms with Crippen LogP contribution >= 0.6 is 22.6 Å². The van der Waals surface area contributed by atoms with E-state index in [9.17, 15) is 4.39 Å². The highest BCUT2D eigenvalue weighted by Crippen LogP contribution is 2.38. The predicted molar refractivity (Wildman–Crippen MR) is 41.2 cm³/mol. The Hall–Kier alpha value is 0.660. The second-order valence-electron chi connectivity index (χ2n) is 2.64. The lowest BCUT2D eigenvalue weighted by Crippen LogP contribution is -2.22. The monoisotopic (exact) mass is 228 g/mol. The van der Waals surface area contributed by atoms with Gasteiger partial charge < -0.3 is 0 Å². The molecule has 1 saturated carbocycles. The van der Waals surface area contributed by atoms with E-state index in [-0.39, 0.29) is 3.92 Å². The van der Waals surface area contributed by atoms with Gasteiger partial charge in [0.05, 0.1) is 0 Å². The first kappa shape index (κ1) is 6.78. The fourth-order valence-electron chi connectivity index (χ4n) is 1.08. The summed E-state index contributed by atoms with van der Waals surface area (Å²) in [6.45, 7) is 1.71. The first-order valence-corrected chi connectivity index (χ1v) is 4.20. The molecule has 2 unspecified atom stereocenters. The second-order valence-corrected chi connectivity index (χ2v) is 4.14. The Labute approximate surface area is 63.0 Å². The summed E-state index contributed by atoms with van der Waals surface area (Å²) < 4.78 is 13.3. The van der Waals surface area contributed by atoms with Crippen molar-refractivity contribution in [2.45, 2.75) is 35.8 Å². The van der Waals surface area contributed by atoms with Gasteiger partial charge in [0.15, 0.2) is 0 Å².